The first-order valence-corrected chi connectivity index (χ1v) is 11.9. The number of hydrogen-bond acceptors (Lipinski definition) is 6. The number of halogens is 3. The molecule has 2 aliphatic rings. The van der Waals surface area contributed by atoms with E-state index in [4.69, 9.17) is 9.97 Å². The molecule has 6 rings (SSSR count). The number of rotatable bonds is 4. The summed E-state index contributed by atoms with van der Waals surface area (Å²) in [5, 5.41) is 6.10. The van der Waals surface area contributed by atoms with Gasteiger partial charge < -0.3 is 10.3 Å². The average molecular weight is 471 g/mol. The summed E-state index contributed by atoms with van der Waals surface area (Å²) in [6.07, 6.45) is 5.01. The molecule has 0 atom stereocenters. The largest absolute Gasteiger partial charge is 0.431 e. The van der Waals surface area contributed by atoms with Crippen molar-refractivity contribution in [2.24, 2.45) is 0 Å². The summed E-state index contributed by atoms with van der Waals surface area (Å²) in [7, 11) is 0. The number of aromatic amines is 1. The van der Waals surface area contributed by atoms with Crippen molar-refractivity contribution in [3.05, 3.63) is 42.0 Å². The minimum absolute atomic E-state index is 0.168. The fourth-order valence-corrected chi connectivity index (χ4v) is 5.70. The Hall–Kier alpha value is -2.72. The smallest absolute Gasteiger partial charge is 0.336 e. The van der Waals surface area contributed by atoms with E-state index in [1.54, 1.807) is 24.0 Å². The first-order valence-electron chi connectivity index (χ1n) is 11.1. The maximum atomic E-state index is 13.3. The third-order valence-electron chi connectivity index (χ3n) is 6.26. The second-order valence-corrected chi connectivity index (χ2v) is 9.91. The highest BCUT2D eigenvalue weighted by atomic mass is 32.2. The summed E-state index contributed by atoms with van der Waals surface area (Å²) in [6.45, 7) is 1.94. The lowest BCUT2D eigenvalue weighted by atomic mass is 10.1. The van der Waals surface area contributed by atoms with Crippen LogP contribution in [0.15, 0.2) is 35.7 Å². The van der Waals surface area contributed by atoms with Crippen molar-refractivity contribution in [3.63, 3.8) is 0 Å². The molecule has 4 aromatic heterocycles. The molecule has 6 nitrogen and oxygen atoms in total. The van der Waals surface area contributed by atoms with E-state index in [0.717, 1.165) is 60.8 Å². The molecule has 1 saturated carbocycles. The van der Waals surface area contributed by atoms with Gasteiger partial charge in [-0.1, -0.05) is 0 Å². The molecule has 1 aliphatic heterocycles. The van der Waals surface area contributed by atoms with Gasteiger partial charge in [-0.2, -0.15) is 13.2 Å². The Morgan fingerprint density at radius 1 is 1.03 bits per heavy atom. The summed E-state index contributed by atoms with van der Waals surface area (Å²) in [6, 6.07) is 2.76. The van der Waals surface area contributed by atoms with Gasteiger partial charge in [0.2, 0.25) is 0 Å². The quantitative estimate of drug-likeness (QED) is 0.394. The van der Waals surface area contributed by atoms with Crippen molar-refractivity contribution in [2.45, 2.75) is 48.1 Å². The number of piperidine rings is 1. The van der Waals surface area contributed by atoms with E-state index in [1.165, 1.54) is 11.8 Å². The normalized spacial score (nSPS) is 17.8. The molecule has 2 N–H and O–H groups in total. The molecular formula is C23H21F3N6S. The van der Waals surface area contributed by atoms with Gasteiger partial charge in [-0.15, -0.1) is 11.8 Å². The molecule has 2 fully saturated rings. The van der Waals surface area contributed by atoms with E-state index >= 15 is 0 Å². The van der Waals surface area contributed by atoms with Crippen molar-refractivity contribution in [2.75, 3.05) is 13.1 Å². The lowest BCUT2D eigenvalue weighted by molar-refractivity contribution is -0.140. The van der Waals surface area contributed by atoms with Gasteiger partial charge in [0.1, 0.15) is 16.4 Å². The molecule has 0 unspecified atom stereocenters. The Labute approximate surface area is 191 Å². The van der Waals surface area contributed by atoms with E-state index in [1.807, 2.05) is 6.20 Å². The van der Waals surface area contributed by atoms with Crippen molar-refractivity contribution < 1.29 is 13.2 Å². The highest BCUT2D eigenvalue weighted by molar-refractivity contribution is 8.00. The summed E-state index contributed by atoms with van der Waals surface area (Å²) < 4.78 is 39.9. The number of alkyl halides is 3. The van der Waals surface area contributed by atoms with Gasteiger partial charge in [-0.05, 0) is 62.4 Å². The van der Waals surface area contributed by atoms with Crippen LogP contribution in [0.4, 0.5) is 13.2 Å². The number of nitrogens with zero attached hydrogens (tertiary/aromatic N) is 4. The summed E-state index contributed by atoms with van der Waals surface area (Å²) >= 11 is 1.75. The molecule has 1 aliphatic carbocycles. The molecule has 0 bridgehead atoms. The summed E-state index contributed by atoms with van der Waals surface area (Å²) in [5.41, 5.74) is 1.77. The number of thioether (sulfide) groups is 1. The van der Waals surface area contributed by atoms with Crippen LogP contribution in [0.1, 0.15) is 42.9 Å². The predicted octanol–water partition coefficient (Wildman–Crippen LogP) is 5.31. The van der Waals surface area contributed by atoms with Crippen molar-refractivity contribution >= 4 is 33.7 Å². The molecule has 0 spiro atoms. The maximum Gasteiger partial charge on any atom is 0.431 e. The summed E-state index contributed by atoms with van der Waals surface area (Å²) in [4.78, 5) is 20.6. The lowest BCUT2D eigenvalue weighted by Crippen LogP contribution is -2.29. The molecule has 5 heterocycles. The van der Waals surface area contributed by atoms with Gasteiger partial charge in [0.15, 0.2) is 5.82 Å². The van der Waals surface area contributed by atoms with Gasteiger partial charge >= 0.3 is 6.18 Å². The van der Waals surface area contributed by atoms with Crippen LogP contribution < -0.4 is 5.32 Å². The van der Waals surface area contributed by atoms with E-state index in [-0.39, 0.29) is 5.65 Å². The predicted molar refractivity (Wildman–Crippen MR) is 121 cm³/mol. The second kappa shape index (κ2) is 7.95. The SMILES string of the molecule is FC(F)(F)c1cc2c(-c3nc(SC4CCNCC4)c4c(C5CC5)cncc4n3)ccnc2[nH]1. The summed E-state index contributed by atoms with van der Waals surface area (Å²) in [5.74, 6) is 0.878. The third kappa shape index (κ3) is 3.95. The zero-order valence-corrected chi connectivity index (χ0v) is 18.4. The minimum atomic E-state index is -4.48. The molecule has 0 aromatic carbocycles. The van der Waals surface area contributed by atoms with Gasteiger partial charge in [0.25, 0.3) is 0 Å². The van der Waals surface area contributed by atoms with Gasteiger partial charge in [0.05, 0.1) is 11.7 Å². The zero-order chi connectivity index (χ0) is 22.6. The van der Waals surface area contributed by atoms with Crippen LogP contribution in [-0.4, -0.2) is 43.3 Å². The first-order chi connectivity index (χ1) is 16.0. The Kier molecular flexibility index (Phi) is 5.02. The van der Waals surface area contributed by atoms with Crippen LogP contribution in [0.3, 0.4) is 0 Å². The Balaban J connectivity index is 1.53. The number of H-pyrrole nitrogens is 1. The zero-order valence-electron chi connectivity index (χ0n) is 17.6. The Bertz CT molecular complexity index is 1340. The maximum absolute atomic E-state index is 13.3. The fourth-order valence-electron chi connectivity index (χ4n) is 4.43. The number of fused-ring (bicyclic) bond motifs is 2. The third-order valence-corrected chi connectivity index (χ3v) is 7.59. The molecular weight excluding hydrogens is 449 g/mol. The molecule has 170 valence electrons. The van der Waals surface area contributed by atoms with Crippen LogP contribution in [-0.2, 0) is 6.18 Å². The second-order valence-electron chi connectivity index (χ2n) is 8.62. The molecule has 4 aromatic rings. The molecule has 33 heavy (non-hydrogen) atoms. The van der Waals surface area contributed by atoms with E-state index < -0.39 is 11.9 Å². The van der Waals surface area contributed by atoms with Crippen LogP contribution in [0.5, 0.6) is 0 Å². The highest BCUT2D eigenvalue weighted by Crippen LogP contribution is 2.46. The van der Waals surface area contributed by atoms with Crippen molar-refractivity contribution in [1.82, 2.24) is 30.2 Å². The average Bonchev–Trinajstić information content (AvgIpc) is 3.55. The minimum Gasteiger partial charge on any atom is -0.336 e. The number of aromatic nitrogens is 5. The van der Waals surface area contributed by atoms with Crippen LogP contribution in [0, 0.1) is 0 Å². The number of hydrogen-bond donors (Lipinski definition) is 2. The molecule has 0 amide bonds. The van der Waals surface area contributed by atoms with E-state index in [0.29, 0.717) is 27.9 Å². The van der Waals surface area contributed by atoms with Gasteiger partial charge in [-0.3, -0.25) is 4.98 Å². The fraction of sp³-hybridized carbons (Fsp3) is 0.391. The number of pyridine rings is 2. The Morgan fingerprint density at radius 3 is 2.61 bits per heavy atom. The van der Waals surface area contributed by atoms with Crippen molar-refractivity contribution in [1.29, 1.82) is 0 Å². The Morgan fingerprint density at radius 2 is 1.85 bits per heavy atom. The standard InChI is InChI=1S/C23H21F3N6S/c24-23(25,26)18-9-15-14(5-8-29-20(15)31-18)21-30-17-11-28-10-16(12-1-2-12)19(17)22(32-21)33-13-3-6-27-7-4-13/h5,8-13,27H,1-4,6-7H2,(H,29,31). The molecule has 0 radical (unpaired) electrons. The van der Waals surface area contributed by atoms with Gasteiger partial charge in [0, 0.05) is 34.0 Å². The van der Waals surface area contributed by atoms with Crippen LogP contribution >= 0.6 is 11.8 Å². The monoisotopic (exact) mass is 470 g/mol. The lowest BCUT2D eigenvalue weighted by Gasteiger charge is -2.22. The molecule has 1 saturated heterocycles. The molecule has 10 heteroatoms. The topological polar surface area (TPSA) is 79.4 Å². The van der Waals surface area contributed by atoms with Crippen LogP contribution in [0.2, 0.25) is 0 Å². The van der Waals surface area contributed by atoms with E-state index in [9.17, 15) is 13.2 Å². The first kappa shape index (κ1) is 20.9. The van der Waals surface area contributed by atoms with Crippen molar-refractivity contribution in [3.8, 4) is 11.4 Å². The van der Waals surface area contributed by atoms with Gasteiger partial charge in [-0.25, -0.2) is 15.0 Å². The number of nitrogens with one attached hydrogen (secondary N) is 2. The van der Waals surface area contributed by atoms with E-state index in [2.05, 4.69) is 20.3 Å². The highest BCUT2D eigenvalue weighted by Gasteiger charge is 2.33. The van der Waals surface area contributed by atoms with Crippen LogP contribution in [0.25, 0.3) is 33.3 Å².